The van der Waals surface area contributed by atoms with Gasteiger partial charge in [0.15, 0.2) is 5.69 Å². The molecule has 0 atom stereocenters. The van der Waals surface area contributed by atoms with Gasteiger partial charge >= 0.3 is 5.97 Å². The first-order valence-electron chi connectivity index (χ1n) is 8.16. The maximum Gasteiger partial charge on any atom is 0.306 e. The summed E-state index contributed by atoms with van der Waals surface area (Å²) in [5.74, 6) is -1.71. The van der Waals surface area contributed by atoms with Crippen LogP contribution in [-0.2, 0) is 9.59 Å². The predicted octanol–water partition coefficient (Wildman–Crippen LogP) is 0.958. The van der Waals surface area contributed by atoms with Crippen LogP contribution >= 0.6 is 0 Å². The van der Waals surface area contributed by atoms with Crippen molar-refractivity contribution in [3.63, 3.8) is 0 Å². The number of benzene rings is 1. The zero-order chi connectivity index (χ0) is 18.0. The van der Waals surface area contributed by atoms with E-state index in [4.69, 9.17) is 5.11 Å². The number of piperidine rings is 1. The molecule has 1 aromatic heterocycles. The molecule has 3 rings (SSSR count). The van der Waals surface area contributed by atoms with E-state index in [0.717, 1.165) is 5.52 Å². The number of para-hydroxylation sites is 1. The third-order valence-corrected chi connectivity index (χ3v) is 4.59. The highest BCUT2D eigenvalue weighted by molar-refractivity contribution is 6.05. The molecule has 8 heteroatoms. The fraction of sp³-hybridized carbons (Fsp3) is 0.412. The number of aromatic amines is 1. The summed E-state index contributed by atoms with van der Waals surface area (Å²) < 4.78 is 0. The number of aromatic nitrogens is 2. The molecule has 0 spiro atoms. The van der Waals surface area contributed by atoms with Gasteiger partial charge in [-0.15, -0.1) is 0 Å². The predicted molar refractivity (Wildman–Crippen MR) is 90.0 cm³/mol. The second-order valence-electron chi connectivity index (χ2n) is 6.27. The summed E-state index contributed by atoms with van der Waals surface area (Å²) in [7, 11) is 1.56. The van der Waals surface area contributed by atoms with Crippen LogP contribution in [0, 0.1) is 5.92 Å². The van der Waals surface area contributed by atoms with Gasteiger partial charge in [-0.05, 0) is 18.9 Å². The smallest absolute Gasteiger partial charge is 0.306 e. The van der Waals surface area contributed by atoms with Crippen LogP contribution in [0.3, 0.4) is 0 Å². The molecule has 0 saturated carbocycles. The monoisotopic (exact) mass is 344 g/mol. The zero-order valence-electron chi connectivity index (χ0n) is 13.9. The number of hydrogen-bond donors (Lipinski definition) is 2. The van der Waals surface area contributed by atoms with Gasteiger partial charge in [0.25, 0.3) is 5.91 Å². The number of likely N-dealkylation sites (N-methyl/N-ethyl adjacent to an activating group) is 1. The van der Waals surface area contributed by atoms with Crippen molar-refractivity contribution in [3.05, 3.63) is 30.0 Å². The molecule has 1 saturated heterocycles. The van der Waals surface area contributed by atoms with Crippen LogP contribution in [0.1, 0.15) is 23.3 Å². The van der Waals surface area contributed by atoms with Crippen molar-refractivity contribution in [3.8, 4) is 0 Å². The lowest BCUT2D eigenvalue weighted by molar-refractivity contribution is -0.145. The first-order chi connectivity index (χ1) is 12.0. The van der Waals surface area contributed by atoms with Gasteiger partial charge in [0, 0.05) is 25.5 Å². The molecule has 1 fully saturated rings. The maximum absolute atomic E-state index is 12.6. The summed E-state index contributed by atoms with van der Waals surface area (Å²) in [6.45, 7) is 0.754. The molecule has 0 bridgehead atoms. The van der Waals surface area contributed by atoms with Crippen molar-refractivity contribution >= 4 is 28.7 Å². The number of carbonyl (C=O) groups is 3. The van der Waals surface area contributed by atoms with E-state index >= 15 is 0 Å². The van der Waals surface area contributed by atoms with E-state index < -0.39 is 5.97 Å². The lowest BCUT2D eigenvalue weighted by atomic mass is 9.97. The summed E-state index contributed by atoms with van der Waals surface area (Å²) in [4.78, 5) is 38.9. The molecule has 0 radical (unpaired) electrons. The SMILES string of the molecule is CN(CC(=O)N1CCC(C(=O)O)CC1)C(=O)c1n[nH]c2ccccc12. The van der Waals surface area contributed by atoms with E-state index in [1.807, 2.05) is 18.2 Å². The van der Waals surface area contributed by atoms with Crippen LogP contribution < -0.4 is 0 Å². The Morgan fingerprint density at radius 2 is 1.96 bits per heavy atom. The molecular weight excluding hydrogens is 324 g/mol. The van der Waals surface area contributed by atoms with E-state index in [1.165, 1.54) is 4.90 Å². The molecule has 0 aliphatic carbocycles. The van der Waals surface area contributed by atoms with E-state index in [-0.39, 0.29) is 30.0 Å². The van der Waals surface area contributed by atoms with Gasteiger partial charge in [-0.2, -0.15) is 5.10 Å². The van der Waals surface area contributed by atoms with Gasteiger partial charge in [-0.25, -0.2) is 0 Å². The largest absolute Gasteiger partial charge is 0.481 e. The minimum Gasteiger partial charge on any atom is -0.481 e. The van der Waals surface area contributed by atoms with Crippen LogP contribution in [0.15, 0.2) is 24.3 Å². The summed E-state index contributed by atoms with van der Waals surface area (Å²) in [5, 5.41) is 16.6. The summed E-state index contributed by atoms with van der Waals surface area (Å²) >= 11 is 0. The van der Waals surface area contributed by atoms with Gasteiger partial charge < -0.3 is 14.9 Å². The highest BCUT2D eigenvalue weighted by atomic mass is 16.4. The quantitative estimate of drug-likeness (QED) is 0.859. The van der Waals surface area contributed by atoms with Crippen molar-refractivity contribution in [2.24, 2.45) is 5.92 Å². The number of H-pyrrole nitrogens is 1. The first kappa shape index (κ1) is 16.9. The molecule has 2 amide bonds. The molecule has 8 nitrogen and oxygen atoms in total. The second kappa shape index (κ2) is 6.92. The minimum atomic E-state index is -0.815. The summed E-state index contributed by atoms with van der Waals surface area (Å²) in [6, 6.07) is 7.31. The van der Waals surface area contributed by atoms with Gasteiger partial charge in [0.05, 0.1) is 18.0 Å². The Balaban J connectivity index is 1.62. The number of aliphatic carboxylic acids is 1. The van der Waals surface area contributed by atoms with Crippen LogP contribution in [0.25, 0.3) is 10.9 Å². The molecule has 132 valence electrons. The third kappa shape index (κ3) is 3.47. The van der Waals surface area contributed by atoms with Crippen molar-refractivity contribution < 1.29 is 19.5 Å². The van der Waals surface area contributed by atoms with Gasteiger partial charge in [0.1, 0.15) is 0 Å². The number of carbonyl (C=O) groups excluding carboxylic acids is 2. The fourth-order valence-corrected chi connectivity index (χ4v) is 3.06. The molecule has 0 unspecified atom stereocenters. The molecule has 2 heterocycles. The van der Waals surface area contributed by atoms with Crippen molar-refractivity contribution in [1.29, 1.82) is 0 Å². The van der Waals surface area contributed by atoms with Crippen LogP contribution in [-0.4, -0.2) is 69.6 Å². The normalized spacial score (nSPS) is 15.3. The average Bonchev–Trinajstić information content (AvgIpc) is 3.05. The number of carboxylic acid groups (broad SMARTS) is 1. The van der Waals surface area contributed by atoms with Gasteiger partial charge in [-0.3, -0.25) is 19.5 Å². The molecule has 25 heavy (non-hydrogen) atoms. The van der Waals surface area contributed by atoms with Gasteiger partial charge in [0.2, 0.25) is 5.91 Å². The number of amides is 2. The van der Waals surface area contributed by atoms with Crippen molar-refractivity contribution in [2.45, 2.75) is 12.8 Å². The van der Waals surface area contributed by atoms with Crippen molar-refractivity contribution in [2.75, 3.05) is 26.7 Å². The van der Waals surface area contributed by atoms with E-state index in [9.17, 15) is 14.4 Å². The van der Waals surface area contributed by atoms with Crippen LogP contribution in [0.4, 0.5) is 0 Å². The Labute approximate surface area is 144 Å². The number of nitrogens with one attached hydrogen (secondary N) is 1. The molecule has 2 aromatic rings. The highest BCUT2D eigenvalue weighted by Crippen LogP contribution is 2.19. The number of rotatable bonds is 4. The Bertz CT molecular complexity index is 808. The van der Waals surface area contributed by atoms with E-state index in [0.29, 0.717) is 31.3 Å². The number of likely N-dealkylation sites (tertiary alicyclic amines) is 1. The standard InChI is InChI=1S/C17H20N4O4/c1-20(10-14(22)21-8-6-11(7-9-21)17(24)25)16(23)15-12-4-2-3-5-13(12)18-19-15/h2-5,11H,6-10H2,1H3,(H,18,19)(H,24,25). The summed E-state index contributed by atoms with van der Waals surface area (Å²) in [5.41, 5.74) is 1.05. The minimum absolute atomic E-state index is 0.0578. The lowest BCUT2D eigenvalue weighted by Gasteiger charge is -2.31. The van der Waals surface area contributed by atoms with Crippen molar-refractivity contribution in [1.82, 2.24) is 20.0 Å². The maximum atomic E-state index is 12.6. The fourth-order valence-electron chi connectivity index (χ4n) is 3.06. The van der Waals surface area contributed by atoms with E-state index in [1.54, 1.807) is 18.0 Å². The number of carboxylic acids is 1. The molecule has 2 N–H and O–H groups in total. The number of hydrogen-bond acceptors (Lipinski definition) is 4. The van der Waals surface area contributed by atoms with Crippen LogP contribution in [0.5, 0.6) is 0 Å². The lowest BCUT2D eigenvalue weighted by Crippen LogP contribution is -2.45. The molecule has 1 aromatic carbocycles. The summed E-state index contributed by atoms with van der Waals surface area (Å²) in [6.07, 6.45) is 0.894. The van der Waals surface area contributed by atoms with Gasteiger partial charge in [-0.1, -0.05) is 18.2 Å². The Hall–Kier alpha value is -2.90. The molecule has 1 aliphatic rings. The Morgan fingerprint density at radius 3 is 2.64 bits per heavy atom. The second-order valence-corrected chi connectivity index (χ2v) is 6.27. The Morgan fingerprint density at radius 1 is 1.28 bits per heavy atom. The van der Waals surface area contributed by atoms with E-state index in [2.05, 4.69) is 10.2 Å². The highest BCUT2D eigenvalue weighted by Gasteiger charge is 2.28. The first-order valence-corrected chi connectivity index (χ1v) is 8.16. The van der Waals surface area contributed by atoms with Crippen LogP contribution in [0.2, 0.25) is 0 Å². The number of nitrogens with zero attached hydrogens (tertiary/aromatic N) is 3. The zero-order valence-corrected chi connectivity index (χ0v) is 13.9. The average molecular weight is 344 g/mol. The Kier molecular flexibility index (Phi) is 4.69. The number of fused-ring (bicyclic) bond motifs is 1. The molecule has 1 aliphatic heterocycles. The topological polar surface area (TPSA) is 107 Å². The third-order valence-electron chi connectivity index (χ3n) is 4.59. The molecular formula is C17H20N4O4.